The molecule has 176 valence electrons. The van der Waals surface area contributed by atoms with E-state index < -0.39 is 0 Å². The Morgan fingerprint density at radius 3 is 2.52 bits per heavy atom. The van der Waals surface area contributed by atoms with Gasteiger partial charge in [-0.3, -0.25) is 14.7 Å². The molecule has 1 unspecified atom stereocenters. The molecule has 0 fully saturated rings. The Hall–Kier alpha value is -2.96. The SMILES string of the molecule is CCc1ccc(-c2nc3cc(CNC)ccn3c2C(/C=C\N)=N/C(C)NCC(C)(C)C)cc1. The van der Waals surface area contributed by atoms with Gasteiger partial charge in [-0.05, 0) is 61.3 Å². The van der Waals surface area contributed by atoms with E-state index in [1.807, 2.05) is 13.1 Å². The number of fused-ring (bicyclic) bond motifs is 1. The zero-order chi connectivity index (χ0) is 24.0. The van der Waals surface area contributed by atoms with Gasteiger partial charge >= 0.3 is 0 Å². The maximum Gasteiger partial charge on any atom is 0.138 e. The summed E-state index contributed by atoms with van der Waals surface area (Å²) in [5, 5.41) is 6.73. The fourth-order valence-electron chi connectivity index (χ4n) is 3.73. The molecule has 6 nitrogen and oxygen atoms in total. The highest BCUT2D eigenvalue weighted by atomic mass is 15.1. The Morgan fingerprint density at radius 1 is 1.18 bits per heavy atom. The van der Waals surface area contributed by atoms with Gasteiger partial charge in [-0.15, -0.1) is 0 Å². The van der Waals surface area contributed by atoms with Crippen molar-refractivity contribution in [2.75, 3.05) is 13.6 Å². The molecule has 0 radical (unpaired) electrons. The van der Waals surface area contributed by atoms with Crippen LogP contribution < -0.4 is 16.4 Å². The molecule has 1 atom stereocenters. The fraction of sp³-hybridized carbons (Fsp3) is 0.407. The van der Waals surface area contributed by atoms with Crippen LogP contribution in [0.25, 0.3) is 16.9 Å². The third-order valence-electron chi connectivity index (χ3n) is 5.46. The Balaban J connectivity index is 2.16. The van der Waals surface area contributed by atoms with E-state index in [2.05, 4.69) is 92.2 Å². The lowest BCUT2D eigenvalue weighted by Gasteiger charge is -2.21. The summed E-state index contributed by atoms with van der Waals surface area (Å²) in [5.74, 6) is 0. The van der Waals surface area contributed by atoms with Crippen molar-refractivity contribution >= 4 is 11.4 Å². The van der Waals surface area contributed by atoms with Gasteiger partial charge in [-0.25, -0.2) is 4.98 Å². The Morgan fingerprint density at radius 2 is 1.91 bits per heavy atom. The molecule has 0 spiro atoms. The number of pyridine rings is 1. The molecule has 0 amide bonds. The minimum absolute atomic E-state index is 0.0696. The second-order valence-electron chi connectivity index (χ2n) is 9.64. The van der Waals surface area contributed by atoms with E-state index in [0.29, 0.717) is 0 Å². The number of nitrogens with zero attached hydrogens (tertiary/aromatic N) is 3. The normalized spacial score (nSPS) is 13.8. The van der Waals surface area contributed by atoms with E-state index >= 15 is 0 Å². The van der Waals surface area contributed by atoms with Crippen molar-refractivity contribution in [3.05, 3.63) is 71.7 Å². The summed E-state index contributed by atoms with van der Waals surface area (Å²) in [7, 11) is 1.95. The van der Waals surface area contributed by atoms with Crippen molar-refractivity contribution in [3.63, 3.8) is 0 Å². The number of aromatic nitrogens is 2. The molecule has 2 aromatic heterocycles. The van der Waals surface area contributed by atoms with Gasteiger partial charge in [0.1, 0.15) is 5.65 Å². The topological polar surface area (TPSA) is 79.7 Å². The summed E-state index contributed by atoms with van der Waals surface area (Å²) in [6.07, 6.45) is 6.42. The highest BCUT2D eigenvalue weighted by Gasteiger charge is 2.19. The predicted octanol–water partition coefficient (Wildman–Crippen LogP) is 4.53. The summed E-state index contributed by atoms with van der Waals surface area (Å²) in [6, 6.07) is 12.9. The Kier molecular flexibility index (Phi) is 8.06. The summed E-state index contributed by atoms with van der Waals surface area (Å²) < 4.78 is 2.11. The van der Waals surface area contributed by atoms with Crippen molar-refractivity contribution in [2.45, 2.75) is 53.8 Å². The number of benzene rings is 1. The summed E-state index contributed by atoms with van der Waals surface area (Å²) >= 11 is 0. The first-order chi connectivity index (χ1) is 15.8. The van der Waals surface area contributed by atoms with Gasteiger partial charge in [0.15, 0.2) is 0 Å². The summed E-state index contributed by atoms with van der Waals surface area (Å²) in [5.41, 5.74) is 13.1. The molecule has 6 heteroatoms. The number of hydrogen-bond acceptors (Lipinski definition) is 5. The van der Waals surface area contributed by atoms with Crippen molar-refractivity contribution in [3.8, 4) is 11.3 Å². The fourth-order valence-corrected chi connectivity index (χ4v) is 3.73. The molecule has 0 saturated heterocycles. The molecular weight excluding hydrogens is 408 g/mol. The van der Waals surface area contributed by atoms with E-state index in [1.165, 1.54) is 11.1 Å². The van der Waals surface area contributed by atoms with Crippen LogP contribution in [-0.4, -0.2) is 34.9 Å². The molecule has 0 bridgehead atoms. The summed E-state index contributed by atoms with van der Waals surface area (Å²) in [4.78, 5) is 10.0. The van der Waals surface area contributed by atoms with Crippen LogP contribution in [0.1, 0.15) is 51.4 Å². The third-order valence-corrected chi connectivity index (χ3v) is 5.46. The molecule has 0 aliphatic rings. The van der Waals surface area contributed by atoms with Gasteiger partial charge in [0.25, 0.3) is 0 Å². The van der Waals surface area contributed by atoms with Gasteiger partial charge in [0, 0.05) is 24.8 Å². The third kappa shape index (κ3) is 6.30. The largest absolute Gasteiger partial charge is 0.405 e. The van der Waals surface area contributed by atoms with Crippen LogP contribution in [0.15, 0.2) is 59.9 Å². The number of nitrogens with one attached hydrogen (secondary N) is 2. The van der Waals surface area contributed by atoms with Gasteiger partial charge < -0.3 is 11.1 Å². The van der Waals surface area contributed by atoms with Crippen LogP contribution in [0.4, 0.5) is 0 Å². The number of nitrogens with two attached hydrogens (primary N) is 1. The highest BCUT2D eigenvalue weighted by Crippen LogP contribution is 2.27. The number of allylic oxidation sites excluding steroid dienone is 1. The van der Waals surface area contributed by atoms with E-state index in [9.17, 15) is 0 Å². The molecule has 3 rings (SSSR count). The van der Waals surface area contributed by atoms with Gasteiger partial charge in [0.05, 0.1) is 23.3 Å². The van der Waals surface area contributed by atoms with Crippen molar-refractivity contribution in [1.29, 1.82) is 0 Å². The zero-order valence-electron chi connectivity index (χ0n) is 20.8. The molecule has 3 aromatic rings. The van der Waals surface area contributed by atoms with E-state index in [4.69, 9.17) is 15.7 Å². The molecule has 4 N–H and O–H groups in total. The first kappa shape index (κ1) is 24.7. The quantitative estimate of drug-likeness (QED) is 0.422. The van der Waals surface area contributed by atoms with Crippen molar-refractivity contribution in [2.24, 2.45) is 16.1 Å². The number of aryl methyl sites for hydroxylation is 1. The lowest BCUT2D eigenvalue weighted by Crippen LogP contribution is -2.33. The second-order valence-corrected chi connectivity index (χ2v) is 9.64. The monoisotopic (exact) mass is 446 g/mol. The number of rotatable bonds is 9. The zero-order valence-corrected chi connectivity index (χ0v) is 20.8. The molecule has 0 aliphatic heterocycles. The average molecular weight is 447 g/mol. The van der Waals surface area contributed by atoms with Crippen molar-refractivity contribution in [1.82, 2.24) is 20.0 Å². The average Bonchev–Trinajstić information content (AvgIpc) is 3.16. The molecule has 0 saturated carbocycles. The van der Waals surface area contributed by atoms with E-state index in [0.717, 1.165) is 47.8 Å². The lowest BCUT2D eigenvalue weighted by molar-refractivity contribution is 0.360. The van der Waals surface area contributed by atoms with E-state index in [-0.39, 0.29) is 11.6 Å². The molecule has 2 heterocycles. The minimum Gasteiger partial charge on any atom is -0.405 e. The van der Waals surface area contributed by atoms with E-state index in [1.54, 1.807) is 6.20 Å². The Bertz CT molecular complexity index is 1120. The molecule has 1 aromatic carbocycles. The molecular formula is C27H38N6. The van der Waals surface area contributed by atoms with Crippen LogP contribution in [0.3, 0.4) is 0 Å². The van der Waals surface area contributed by atoms with Gasteiger partial charge in [0.2, 0.25) is 0 Å². The standard InChI is InChI=1S/C27H38N6/c1-7-20-8-10-22(11-9-20)25-26(33-15-13-21(17-29-6)16-24(33)32-25)23(12-14-28)31-19(2)30-18-27(3,4)5/h8-16,19,29-30H,7,17-18,28H2,1-6H3/b14-12-,31-23+. The number of aliphatic imine (C=N–C) groups is 1. The van der Waals surface area contributed by atoms with Crippen molar-refractivity contribution < 1.29 is 0 Å². The minimum atomic E-state index is -0.0696. The van der Waals surface area contributed by atoms with Gasteiger partial charge in [-0.1, -0.05) is 52.0 Å². The van der Waals surface area contributed by atoms with Crippen LogP contribution in [0, 0.1) is 5.41 Å². The van der Waals surface area contributed by atoms with Crippen LogP contribution in [0.5, 0.6) is 0 Å². The predicted molar refractivity (Wildman–Crippen MR) is 140 cm³/mol. The number of imidazole rings is 1. The maximum absolute atomic E-state index is 5.87. The highest BCUT2D eigenvalue weighted by molar-refractivity contribution is 6.11. The van der Waals surface area contributed by atoms with Crippen LogP contribution in [0.2, 0.25) is 0 Å². The number of hydrogen-bond donors (Lipinski definition) is 3. The molecule has 0 aliphatic carbocycles. The van der Waals surface area contributed by atoms with Crippen LogP contribution >= 0.6 is 0 Å². The summed E-state index contributed by atoms with van der Waals surface area (Å²) in [6.45, 7) is 12.5. The molecule has 33 heavy (non-hydrogen) atoms. The first-order valence-corrected chi connectivity index (χ1v) is 11.7. The maximum atomic E-state index is 5.87. The smallest absolute Gasteiger partial charge is 0.138 e. The Labute approximate surface area is 198 Å². The van der Waals surface area contributed by atoms with Crippen LogP contribution in [-0.2, 0) is 13.0 Å². The second kappa shape index (κ2) is 10.8. The first-order valence-electron chi connectivity index (χ1n) is 11.7. The lowest BCUT2D eigenvalue weighted by atomic mass is 9.97. The van der Waals surface area contributed by atoms with Gasteiger partial charge in [-0.2, -0.15) is 0 Å².